The van der Waals surface area contributed by atoms with Crippen molar-refractivity contribution in [1.82, 2.24) is 0 Å². The van der Waals surface area contributed by atoms with Gasteiger partial charge in [0.1, 0.15) is 5.41 Å². The molecule has 6 heteroatoms. The van der Waals surface area contributed by atoms with Gasteiger partial charge < -0.3 is 10.5 Å². The van der Waals surface area contributed by atoms with Gasteiger partial charge in [0.05, 0.1) is 24.4 Å². The lowest BCUT2D eigenvalue weighted by Gasteiger charge is -2.26. The molecule has 0 fully saturated rings. The SMILES string of the molecule is COC(=O)C1=C(N)c2ccc(Cl)cc2C1(C#N)c1ccc(Cl)cc1. The normalized spacial score (nSPS) is 18.9. The summed E-state index contributed by atoms with van der Waals surface area (Å²) in [7, 11) is 1.25. The molecular weight excluding hydrogens is 347 g/mol. The maximum atomic E-state index is 12.4. The number of esters is 1. The third-order valence-electron chi connectivity index (χ3n) is 4.15. The van der Waals surface area contributed by atoms with E-state index >= 15 is 0 Å². The van der Waals surface area contributed by atoms with E-state index in [0.717, 1.165) is 0 Å². The molecule has 1 aliphatic rings. The van der Waals surface area contributed by atoms with Crippen molar-refractivity contribution in [1.29, 1.82) is 5.26 Å². The summed E-state index contributed by atoms with van der Waals surface area (Å²) in [6, 6.07) is 14.0. The van der Waals surface area contributed by atoms with Gasteiger partial charge in [-0.3, -0.25) is 0 Å². The van der Waals surface area contributed by atoms with Crippen molar-refractivity contribution in [3.8, 4) is 6.07 Å². The smallest absolute Gasteiger partial charge is 0.338 e. The summed E-state index contributed by atoms with van der Waals surface area (Å²) in [4.78, 5) is 12.4. The second-order valence-electron chi connectivity index (χ2n) is 5.34. The topological polar surface area (TPSA) is 76.1 Å². The summed E-state index contributed by atoms with van der Waals surface area (Å²) >= 11 is 12.1. The first-order valence-corrected chi connectivity index (χ1v) is 7.77. The number of fused-ring (bicyclic) bond motifs is 1. The number of carbonyl (C=O) groups is 1. The van der Waals surface area contributed by atoms with Gasteiger partial charge in [0.15, 0.2) is 0 Å². The number of hydrogen-bond donors (Lipinski definition) is 1. The van der Waals surface area contributed by atoms with Crippen LogP contribution >= 0.6 is 23.2 Å². The number of nitrogens with two attached hydrogens (primary N) is 1. The van der Waals surface area contributed by atoms with Gasteiger partial charge in [0.25, 0.3) is 0 Å². The van der Waals surface area contributed by atoms with Gasteiger partial charge in [-0.1, -0.05) is 41.4 Å². The van der Waals surface area contributed by atoms with E-state index in [1.807, 2.05) is 0 Å². The largest absolute Gasteiger partial charge is 0.466 e. The Morgan fingerprint density at radius 3 is 2.38 bits per heavy atom. The zero-order valence-electron chi connectivity index (χ0n) is 12.6. The van der Waals surface area contributed by atoms with Crippen molar-refractivity contribution in [2.45, 2.75) is 5.41 Å². The Labute approximate surface area is 149 Å². The Hall–Kier alpha value is -2.48. The van der Waals surface area contributed by atoms with Crippen LogP contribution in [0.15, 0.2) is 48.0 Å². The van der Waals surface area contributed by atoms with Crippen LogP contribution in [0, 0.1) is 11.3 Å². The minimum atomic E-state index is -1.40. The Kier molecular flexibility index (Phi) is 4.00. The Morgan fingerprint density at radius 1 is 1.17 bits per heavy atom. The zero-order chi connectivity index (χ0) is 17.5. The molecule has 2 aromatic rings. The molecule has 1 aliphatic carbocycles. The highest BCUT2D eigenvalue weighted by molar-refractivity contribution is 6.31. The van der Waals surface area contributed by atoms with Crippen LogP contribution in [0.1, 0.15) is 16.7 Å². The standard InChI is InChI=1S/C18H12Cl2N2O2/c1-24-17(23)15-16(22)13-7-6-12(20)8-14(13)18(15,9-21)10-2-4-11(19)5-3-10/h2-8H,22H2,1H3. The molecule has 0 heterocycles. The highest BCUT2D eigenvalue weighted by Gasteiger charge is 2.50. The number of methoxy groups -OCH3 is 1. The lowest BCUT2D eigenvalue weighted by Crippen LogP contribution is -2.31. The monoisotopic (exact) mass is 358 g/mol. The zero-order valence-corrected chi connectivity index (χ0v) is 14.2. The van der Waals surface area contributed by atoms with Crippen LogP contribution in [0.2, 0.25) is 10.0 Å². The van der Waals surface area contributed by atoms with Gasteiger partial charge in [-0.05, 0) is 35.4 Å². The number of carbonyl (C=O) groups excluding carboxylic acids is 1. The molecule has 2 aromatic carbocycles. The highest BCUT2D eigenvalue weighted by Crippen LogP contribution is 2.49. The second kappa shape index (κ2) is 5.86. The molecule has 0 aliphatic heterocycles. The maximum Gasteiger partial charge on any atom is 0.338 e. The molecule has 0 amide bonds. The number of ether oxygens (including phenoxy) is 1. The number of nitrogens with zero attached hydrogens (tertiary/aromatic N) is 1. The van der Waals surface area contributed by atoms with Gasteiger partial charge in [-0.25, -0.2) is 4.79 Å². The molecule has 24 heavy (non-hydrogen) atoms. The summed E-state index contributed by atoms with van der Waals surface area (Å²) in [5.41, 5.74) is 6.81. The minimum Gasteiger partial charge on any atom is -0.466 e. The molecule has 3 rings (SSSR count). The van der Waals surface area contributed by atoms with Gasteiger partial charge in [0.2, 0.25) is 0 Å². The average molecular weight is 359 g/mol. The number of nitriles is 1. The summed E-state index contributed by atoms with van der Waals surface area (Å²) in [6.45, 7) is 0. The first-order chi connectivity index (χ1) is 11.5. The van der Waals surface area contributed by atoms with Crippen molar-refractivity contribution in [3.05, 3.63) is 74.8 Å². The molecular formula is C18H12Cl2N2O2. The van der Waals surface area contributed by atoms with E-state index in [0.29, 0.717) is 26.7 Å². The number of halogens is 2. The quantitative estimate of drug-likeness (QED) is 0.831. The third-order valence-corrected chi connectivity index (χ3v) is 4.64. The first kappa shape index (κ1) is 16.4. The predicted octanol–water partition coefficient (Wildman–Crippen LogP) is 3.66. The number of rotatable bonds is 2. The Bertz CT molecular complexity index is 914. The highest BCUT2D eigenvalue weighted by atomic mass is 35.5. The summed E-state index contributed by atoms with van der Waals surface area (Å²) < 4.78 is 4.88. The minimum absolute atomic E-state index is 0.0899. The molecule has 0 aromatic heterocycles. The molecule has 2 N–H and O–H groups in total. The van der Waals surface area contributed by atoms with E-state index in [4.69, 9.17) is 33.7 Å². The van der Waals surface area contributed by atoms with Gasteiger partial charge in [-0.2, -0.15) is 5.26 Å². The molecule has 120 valence electrons. The van der Waals surface area contributed by atoms with Crippen molar-refractivity contribution in [3.63, 3.8) is 0 Å². The van der Waals surface area contributed by atoms with Crippen molar-refractivity contribution < 1.29 is 9.53 Å². The Balaban J connectivity index is 2.41. The van der Waals surface area contributed by atoms with Crippen molar-refractivity contribution >= 4 is 34.9 Å². The van der Waals surface area contributed by atoms with Crippen molar-refractivity contribution in [2.24, 2.45) is 5.73 Å². The summed E-state index contributed by atoms with van der Waals surface area (Å²) in [6.07, 6.45) is 0. The molecule has 0 saturated heterocycles. The van der Waals surface area contributed by atoms with E-state index in [9.17, 15) is 10.1 Å². The lowest BCUT2D eigenvalue weighted by molar-refractivity contribution is -0.136. The van der Waals surface area contributed by atoms with E-state index in [-0.39, 0.29) is 11.3 Å². The molecule has 1 atom stereocenters. The van der Waals surface area contributed by atoms with E-state index in [1.165, 1.54) is 7.11 Å². The van der Waals surface area contributed by atoms with Crippen molar-refractivity contribution in [2.75, 3.05) is 7.11 Å². The molecule has 4 nitrogen and oxygen atoms in total. The molecule has 1 unspecified atom stereocenters. The summed E-state index contributed by atoms with van der Waals surface area (Å²) in [5.74, 6) is -0.656. The van der Waals surface area contributed by atoms with Crippen LogP contribution in [-0.4, -0.2) is 13.1 Å². The van der Waals surface area contributed by atoms with E-state index in [1.54, 1.807) is 42.5 Å². The average Bonchev–Trinajstić information content (AvgIpc) is 2.83. The van der Waals surface area contributed by atoms with Gasteiger partial charge >= 0.3 is 5.97 Å². The van der Waals surface area contributed by atoms with Gasteiger partial charge in [0, 0.05) is 15.6 Å². The lowest BCUT2D eigenvalue weighted by atomic mass is 9.73. The van der Waals surface area contributed by atoms with Crippen LogP contribution in [0.25, 0.3) is 5.70 Å². The van der Waals surface area contributed by atoms with Crippen LogP contribution in [0.5, 0.6) is 0 Å². The second-order valence-corrected chi connectivity index (χ2v) is 6.21. The Morgan fingerprint density at radius 2 is 1.79 bits per heavy atom. The molecule has 0 bridgehead atoms. The van der Waals surface area contributed by atoms with E-state index in [2.05, 4.69) is 6.07 Å². The fourth-order valence-electron chi connectivity index (χ4n) is 3.08. The molecule has 0 spiro atoms. The first-order valence-electron chi connectivity index (χ1n) is 7.02. The fraction of sp³-hybridized carbons (Fsp3) is 0.111. The van der Waals surface area contributed by atoms with Crippen LogP contribution in [0.4, 0.5) is 0 Å². The number of benzene rings is 2. The molecule has 0 radical (unpaired) electrons. The number of hydrogen-bond acceptors (Lipinski definition) is 4. The van der Waals surface area contributed by atoms with Crippen LogP contribution < -0.4 is 5.73 Å². The van der Waals surface area contributed by atoms with Crippen LogP contribution in [0.3, 0.4) is 0 Å². The molecule has 0 saturated carbocycles. The third kappa shape index (κ3) is 2.17. The van der Waals surface area contributed by atoms with E-state index < -0.39 is 11.4 Å². The predicted molar refractivity (Wildman–Crippen MR) is 92.4 cm³/mol. The van der Waals surface area contributed by atoms with Crippen LogP contribution in [-0.2, 0) is 14.9 Å². The van der Waals surface area contributed by atoms with Gasteiger partial charge in [-0.15, -0.1) is 0 Å². The maximum absolute atomic E-state index is 12.4. The fourth-order valence-corrected chi connectivity index (χ4v) is 3.38. The summed E-state index contributed by atoms with van der Waals surface area (Å²) in [5, 5.41) is 11.1.